The first-order valence-electron chi connectivity index (χ1n) is 12.1. The third-order valence-electron chi connectivity index (χ3n) is 6.42. The van der Waals surface area contributed by atoms with Gasteiger partial charge in [-0.25, -0.2) is 15.0 Å². The summed E-state index contributed by atoms with van der Waals surface area (Å²) in [6.07, 6.45) is 18.5. The molecule has 3 N–H and O–H groups in total. The fourth-order valence-electron chi connectivity index (χ4n) is 4.30. The van der Waals surface area contributed by atoms with Crippen molar-refractivity contribution in [2.75, 3.05) is 11.1 Å². The number of hydrogen-bond donors (Lipinski definition) is 2. The molecule has 0 saturated heterocycles. The summed E-state index contributed by atoms with van der Waals surface area (Å²) < 4.78 is 3.37. The van der Waals surface area contributed by atoms with Crippen molar-refractivity contribution in [2.24, 2.45) is 7.05 Å². The number of nitrogen functional groups attached to an aromatic ring is 1. The zero-order valence-corrected chi connectivity index (χ0v) is 19.8. The number of hydrogen-bond acceptors (Lipinski definition) is 7. The number of nitrogens with one attached hydrogen (secondary N) is 1. The van der Waals surface area contributed by atoms with E-state index in [1.165, 1.54) is 44.1 Å². The van der Waals surface area contributed by atoms with Gasteiger partial charge >= 0.3 is 0 Å². The normalized spacial score (nSPS) is 15.5. The van der Waals surface area contributed by atoms with Crippen LogP contribution in [0, 0.1) is 0 Å². The highest BCUT2D eigenvalue weighted by atomic mass is 16.1. The van der Waals surface area contributed by atoms with Crippen molar-refractivity contribution >= 4 is 11.8 Å². The summed E-state index contributed by atoms with van der Waals surface area (Å²) in [6, 6.07) is 7.79. The monoisotopic (exact) mass is 474 g/mol. The van der Waals surface area contributed by atoms with Crippen LogP contribution in [0.2, 0.25) is 0 Å². The van der Waals surface area contributed by atoms with E-state index in [9.17, 15) is 4.79 Å². The van der Waals surface area contributed by atoms with E-state index in [1.807, 2.05) is 50.0 Å². The highest BCUT2D eigenvalue weighted by molar-refractivity contribution is 5.61. The van der Waals surface area contributed by atoms with Gasteiger partial charge in [-0.2, -0.15) is 5.10 Å². The molecule has 4 heterocycles. The van der Waals surface area contributed by atoms with Crippen molar-refractivity contribution < 1.29 is 2.85 Å². The summed E-state index contributed by atoms with van der Waals surface area (Å²) in [5.41, 5.74) is 9.16. The Morgan fingerprint density at radius 1 is 0.914 bits per heavy atom. The van der Waals surface area contributed by atoms with Gasteiger partial charge in [0.15, 0.2) is 0 Å². The quantitative estimate of drug-likeness (QED) is 0.440. The first kappa shape index (κ1) is 22.8. The molecule has 6 rings (SSSR count). The van der Waals surface area contributed by atoms with Gasteiger partial charge in [0.1, 0.15) is 5.82 Å². The number of nitrogens with two attached hydrogens (primary N) is 1. The van der Waals surface area contributed by atoms with Gasteiger partial charge in [0.05, 0.1) is 18.1 Å². The highest BCUT2D eigenvalue weighted by Gasteiger charge is 2.23. The molecule has 0 aliphatic heterocycles. The summed E-state index contributed by atoms with van der Waals surface area (Å²) >= 11 is 0. The summed E-state index contributed by atoms with van der Waals surface area (Å²) in [5, 5.41) is 7.65. The number of aromatic nitrogens is 6. The maximum atomic E-state index is 12.3. The van der Waals surface area contributed by atoms with Crippen molar-refractivity contribution in [3.63, 3.8) is 0 Å². The summed E-state index contributed by atoms with van der Waals surface area (Å²) in [4.78, 5) is 24.6. The van der Waals surface area contributed by atoms with Gasteiger partial charge in [-0.3, -0.25) is 14.0 Å². The molecule has 184 valence electrons. The summed E-state index contributed by atoms with van der Waals surface area (Å²) in [7, 11) is 1.87. The molecule has 2 aliphatic rings. The van der Waals surface area contributed by atoms with Crippen molar-refractivity contribution in [1.82, 2.24) is 29.3 Å². The van der Waals surface area contributed by atoms with E-state index in [1.54, 1.807) is 27.7 Å². The van der Waals surface area contributed by atoms with E-state index in [4.69, 9.17) is 5.73 Å². The van der Waals surface area contributed by atoms with Crippen LogP contribution in [-0.4, -0.2) is 35.3 Å². The Morgan fingerprint density at radius 2 is 1.69 bits per heavy atom. The number of anilines is 2. The molecule has 0 aromatic carbocycles. The van der Waals surface area contributed by atoms with E-state index in [0.717, 1.165) is 28.6 Å². The van der Waals surface area contributed by atoms with Crippen LogP contribution in [0.1, 0.15) is 52.9 Å². The maximum Gasteiger partial charge on any atom is 0.255 e. The summed E-state index contributed by atoms with van der Waals surface area (Å²) in [6.45, 7) is 0. The van der Waals surface area contributed by atoms with Crippen LogP contribution in [0.4, 0.5) is 11.8 Å². The molecule has 0 unspecified atom stereocenters. The Hall–Kier alpha value is -4.01. The van der Waals surface area contributed by atoms with Gasteiger partial charge in [-0.15, -0.1) is 0 Å². The van der Waals surface area contributed by atoms with Crippen LogP contribution in [0.25, 0.3) is 16.8 Å². The average molecular weight is 475 g/mol. The second-order valence-corrected chi connectivity index (χ2v) is 9.20. The zero-order valence-electron chi connectivity index (χ0n) is 19.8. The van der Waals surface area contributed by atoms with E-state index >= 15 is 0 Å². The van der Waals surface area contributed by atoms with Crippen molar-refractivity contribution in [1.29, 1.82) is 0 Å². The minimum absolute atomic E-state index is 0. The Morgan fingerprint density at radius 3 is 2.31 bits per heavy atom. The average Bonchev–Trinajstić information content (AvgIpc) is 3.42. The molecule has 0 spiro atoms. The Bertz CT molecular complexity index is 1330. The highest BCUT2D eigenvalue weighted by Crippen LogP contribution is 2.39. The van der Waals surface area contributed by atoms with Crippen LogP contribution in [0.5, 0.6) is 0 Å². The van der Waals surface area contributed by atoms with Crippen LogP contribution in [0.3, 0.4) is 0 Å². The Labute approximate surface area is 207 Å². The third-order valence-corrected chi connectivity index (χ3v) is 6.42. The lowest BCUT2D eigenvalue weighted by molar-refractivity contribution is 0.750. The molecule has 4 aromatic rings. The molecule has 4 aromatic heterocycles. The zero-order chi connectivity index (χ0) is 24.2. The topological polar surface area (TPSA) is 117 Å². The number of pyridine rings is 2. The lowest BCUT2D eigenvalue weighted by Crippen LogP contribution is -2.18. The van der Waals surface area contributed by atoms with Crippen LogP contribution >= 0.6 is 0 Å². The van der Waals surface area contributed by atoms with Crippen LogP contribution in [-0.2, 0) is 7.05 Å². The van der Waals surface area contributed by atoms with Gasteiger partial charge in [-0.1, -0.05) is 12.8 Å². The van der Waals surface area contributed by atoms with Gasteiger partial charge in [-0.05, 0) is 55.4 Å². The van der Waals surface area contributed by atoms with Gasteiger partial charge in [0.2, 0.25) is 5.95 Å². The molecule has 2 saturated carbocycles. The molecular formula is C26H34N8O. The molecule has 9 nitrogen and oxygen atoms in total. The smallest absolute Gasteiger partial charge is 0.255 e. The summed E-state index contributed by atoms with van der Waals surface area (Å²) in [5.74, 6) is 1.96. The van der Waals surface area contributed by atoms with Crippen LogP contribution < -0.4 is 16.6 Å². The minimum Gasteiger partial charge on any atom is -0.368 e. The van der Waals surface area contributed by atoms with Crippen molar-refractivity contribution in [2.45, 2.75) is 50.5 Å². The molecule has 2 aliphatic carbocycles. The van der Waals surface area contributed by atoms with E-state index in [0.29, 0.717) is 12.0 Å². The lowest BCUT2D eigenvalue weighted by Gasteiger charge is -2.13. The number of nitrogens with zero attached hydrogens (tertiary/aromatic N) is 6. The SMILES string of the molecule is Cn1cc(-c2ccc(=O)n(-c3ccc(NC4CCCC4)nc3)c2)cn1.Nc1ncc(C2CC2)cn1.[HH].[HH]. The molecule has 0 radical (unpaired) electrons. The molecule has 0 bridgehead atoms. The van der Waals surface area contributed by atoms with E-state index in [2.05, 4.69) is 25.4 Å². The van der Waals surface area contributed by atoms with E-state index in [-0.39, 0.29) is 8.41 Å². The number of aryl methyl sites for hydroxylation is 1. The predicted molar refractivity (Wildman–Crippen MR) is 141 cm³/mol. The van der Waals surface area contributed by atoms with Gasteiger partial charge < -0.3 is 11.1 Å². The third kappa shape index (κ3) is 5.74. The predicted octanol–water partition coefficient (Wildman–Crippen LogP) is 4.42. The largest absolute Gasteiger partial charge is 0.368 e. The molecule has 2 fully saturated rings. The Kier molecular flexibility index (Phi) is 6.56. The molecule has 9 heteroatoms. The molecule has 0 atom stereocenters. The minimum atomic E-state index is -0.0778. The standard InChI is InChI=1S/C19H21N5O.C7H9N3.2H2/c1-23-12-15(10-21-23)14-6-9-19(25)24(13-14)17-7-8-18(20-11-17)22-16-4-2-3-5-16;8-7-9-3-6(4-10-7)5-1-2-5;;/h6-13,16H,2-5H2,1H3,(H,20,22);3-5H,1-2H2,(H2,8,9,10);2*1H. The van der Waals surface area contributed by atoms with E-state index < -0.39 is 0 Å². The van der Waals surface area contributed by atoms with Crippen molar-refractivity contribution in [3.05, 3.63) is 77.4 Å². The number of rotatable bonds is 5. The fraction of sp³-hybridized carbons (Fsp3) is 0.346. The van der Waals surface area contributed by atoms with Gasteiger partial charge in [0.25, 0.3) is 5.56 Å². The molecule has 35 heavy (non-hydrogen) atoms. The Balaban J connectivity index is 0.000000267. The van der Waals surface area contributed by atoms with Crippen molar-refractivity contribution in [3.8, 4) is 16.8 Å². The van der Waals surface area contributed by atoms with Gasteiger partial charge in [0, 0.05) is 57.9 Å². The maximum absolute atomic E-state index is 12.3. The first-order valence-corrected chi connectivity index (χ1v) is 12.1. The first-order chi connectivity index (χ1) is 17.0. The second-order valence-electron chi connectivity index (χ2n) is 9.20. The lowest BCUT2D eigenvalue weighted by atomic mass is 10.1. The molecular weight excluding hydrogens is 440 g/mol. The van der Waals surface area contributed by atoms with Crippen LogP contribution in [0.15, 0.2) is 66.2 Å². The molecule has 0 amide bonds. The second kappa shape index (κ2) is 10.1. The fourth-order valence-corrected chi connectivity index (χ4v) is 4.30.